The highest BCUT2D eigenvalue weighted by molar-refractivity contribution is 7.89. The molecule has 1 fully saturated rings. The van der Waals surface area contributed by atoms with Crippen LogP contribution in [0.3, 0.4) is 0 Å². The molecule has 1 saturated heterocycles. The second-order valence-corrected chi connectivity index (χ2v) is 8.43. The van der Waals surface area contributed by atoms with Crippen molar-refractivity contribution in [3.8, 4) is 0 Å². The third-order valence-corrected chi connectivity index (χ3v) is 5.56. The lowest BCUT2D eigenvalue weighted by Gasteiger charge is -2.36. The fourth-order valence-corrected chi connectivity index (χ4v) is 3.65. The molecule has 0 aromatic heterocycles. The maximum Gasteiger partial charge on any atom is 0.214 e. The Morgan fingerprint density at radius 3 is 2.28 bits per heavy atom. The Morgan fingerprint density at radius 1 is 1.22 bits per heavy atom. The first-order valence-electron chi connectivity index (χ1n) is 6.94. The van der Waals surface area contributed by atoms with E-state index in [4.69, 9.17) is 0 Å². The molecule has 4 nitrogen and oxygen atoms in total. The van der Waals surface area contributed by atoms with Crippen LogP contribution in [0.2, 0.25) is 0 Å². The van der Waals surface area contributed by atoms with Crippen LogP contribution in [-0.4, -0.2) is 44.2 Å². The zero-order valence-electron chi connectivity index (χ0n) is 12.2. The molecule has 1 rings (SSSR count). The fraction of sp³-hybridized carbons (Fsp3) is 1.00. The molecule has 0 saturated carbocycles. The highest BCUT2D eigenvalue weighted by atomic mass is 32.2. The third kappa shape index (κ3) is 5.24. The maximum absolute atomic E-state index is 12.1. The number of piperidine rings is 1. The van der Waals surface area contributed by atoms with E-state index in [-0.39, 0.29) is 5.75 Å². The van der Waals surface area contributed by atoms with Gasteiger partial charge >= 0.3 is 0 Å². The van der Waals surface area contributed by atoms with Gasteiger partial charge in [-0.1, -0.05) is 27.7 Å². The lowest BCUT2D eigenvalue weighted by Crippen LogP contribution is -2.42. The minimum absolute atomic E-state index is 0.271. The van der Waals surface area contributed by atoms with Crippen LogP contribution in [0.5, 0.6) is 0 Å². The molecule has 1 aliphatic heterocycles. The van der Waals surface area contributed by atoms with Crippen molar-refractivity contribution in [2.24, 2.45) is 5.41 Å². The van der Waals surface area contributed by atoms with Gasteiger partial charge < -0.3 is 5.32 Å². The Hall–Kier alpha value is -0.130. The summed E-state index contributed by atoms with van der Waals surface area (Å²) < 4.78 is 26.0. The molecular weight excluding hydrogens is 248 g/mol. The second-order valence-electron chi connectivity index (χ2n) is 6.34. The van der Waals surface area contributed by atoms with Crippen molar-refractivity contribution in [2.75, 3.05) is 25.4 Å². The van der Waals surface area contributed by atoms with Crippen molar-refractivity contribution < 1.29 is 8.42 Å². The zero-order chi connectivity index (χ0) is 13.8. The van der Waals surface area contributed by atoms with E-state index in [1.54, 1.807) is 4.31 Å². The Kier molecular flexibility index (Phi) is 5.62. The molecule has 1 N–H and O–H groups in total. The first-order valence-corrected chi connectivity index (χ1v) is 8.55. The molecule has 0 radical (unpaired) electrons. The number of sulfonamides is 1. The van der Waals surface area contributed by atoms with Gasteiger partial charge in [0.25, 0.3) is 0 Å². The Morgan fingerprint density at radius 2 is 1.78 bits per heavy atom. The smallest absolute Gasteiger partial charge is 0.214 e. The normalized spacial score (nSPS) is 21.4. The number of hydrogen-bond acceptors (Lipinski definition) is 3. The van der Waals surface area contributed by atoms with Crippen molar-refractivity contribution in [2.45, 2.75) is 53.0 Å². The molecule has 108 valence electrons. The number of nitrogens with zero attached hydrogens (tertiary/aromatic N) is 1. The van der Waals surface area contributed by atoms with Crippen LogP contribution in [-0.2, 0) is 10.0 Å². The van der Waals surface area contributed by atoms with Crippen molar-refractivity contribution in [3.05, 3.63) is 0 Å². The van der Waals surface area contributed by atoms with E-state index in [1.807, 2.05) is 0 Å². The van der Waals surface area contributed by atoms with Gasteiger partial charge in [0, 0.05) is 19.1 Å². The summed E-state index contributed by atoms with van der Waals surface area (Å²) in [6.45, 7) is 10.7. The Labute approximate surface area is 112 Å². The van der Waals surface area contributed by atoms with Crippen molar-refractivity contribution in [1.29, 1.82) is 0 Å². The van der Waals surface area contributed by atoms with Gasteiger partial charge in [-0.15, -0.1) is 0 Å². The first-order chi connectivity index (χ1) is 8.23. The Balaban J connectivity index is 2.36. The van der Waals surface area contributed by atoms with E-state index in [9.17, 15) is 8.42 Å². The molecule has 1 aliphatic rings. The van der Waals surface area contributed by atoms with E-state index in [1.165, 1.54) is 0 Å². The fourth-order valence-electron chi connectivity index (χ4n) is 2.14. The van der Waals surface area contributed by atoms with E-state index in [0.29, 0.717) is 31.0 Å². The minimum atomic E-state index is -3.04. The number of hydrogen-bond donors (Lipinski definition) is 1. The highest BCUT2D eigenvalue weighted by Crippen LogP contribution is 2.30. The van der Waals surface area contributed by atoms with Crippen LogP contribution in [0, 0.1) is 5.41 Å². The molecule has 0 atom stereocenters. The van der Waals surface area contributed by atoms with E-state index >= 15 is 0 Å². The molecule has 0 amide bonds. The van der Waals surface area contributed by atoms with Gasteiger partial charge in [-0.25, -0.2) is 12.7 Å². The lowest BCUT2D eigenvalue weighted by atomic mass is 9.83. The molecule has 0 spiro atoms. The van der Waals surface area contributed by atoms with E-state index < -0.39 is 10.0 Å². The number of rotatable bonds is 6. The largest absolute Gasteiger partial charge is 0.314 e. The molecule has 0 unspecified atom stereocenters. The molecular formula is C13H28N2O2S. The highest BCUT2D eigenvalue weighted by Gasteiger charge is 2.31. The summed E-state index contributed by atoms with van der Waals surface area (Å²) in [4.78, 5) is 0. The monoisotopic (exact) mass is 276 g/mol. The van der Waals surface area contributed by atoms with Crippen LogP contribution in [0.4, 0.5) is 0 Å². The SMILES string of the molecule is CC(C)NCCCS(=O)(=O)N1CCC(C)(C)CC1. The maximum atomic E-state index is 12.1. The molecule has 0 aromatic rings. The lowest BCUT2D eigenvalue weighted by molar-refractivity contribution is 0.196. The molecule has 1 heterocycles. The molecule has 0 aliphatic carbocycles. The molecule has 18 heavy (non-hydrogen) atoms. The first kappa shape index (κ1) is 15.9. The van der Waals surface area contributed by atoms with Crippen LogP contribution in [0.25, 0.3) is 0 Å². The van der Waals surface area contributed by atoms with Gasteiger partial charge in [-0.2, -0.15) is 0 Å². The zero-order valence-corrected chi connectivity index (χ0v) is 13.0. The van der Waals surface area contributed by atoms with Crippen molar-refractivity contribution >= 4 is 10.0 Å². The minimum Gasteiger partial charge on any atom is -0.314 e. The summed E-state index contributed by atoms with van der Waals surface area (Å²) in [6, 6.07) is 0.420. The van der Waals surface area contributed by atoms with Crippen molar-refractivity contribution in [3.63, 3.8) is 0 Å². The van der Waals surface area contributed by atoms with Crippen molar-refractivity contribution in [1.82, 2.24) is 9.62 Å². The average Bonchev–Trinajstić information content (AvgIpc) is 2.23. The summed E-state index contributed by atoms with van der Waals surface area (Å²) in [7, 11) is -3.04. The molecule has 0 aromatic carbocycles. The predicted molar refractivity (Wildman–Crippen MR) is 76.1 cm³/mol. The van der Waals surface area contributed by atoms with Crippen LogP contribution >= 0.6 is 0 Å². The predicted octanol–water partition coefficient (Wildman–Crippen LogP) is 1.83. The van der Waals surface area contributed by atoms with E-state index in [0.717, 1.165) is 19.4 Å². The summed E-state index contributed by atoms with van der Waals surface area (Å²) in [5.41, 5.74) is 0.297. The summed E-state index contributed by atoms with van der Waals surface area (Å²) in [5.74, 6) is 0.271. The quantitative estimate of drug-likeness (QED) is 0.753. The second kappa shape index (κ2) is 6.35. The van der Waals surface area contributed by atoms with Crippen LogP contribution < -0.4 is 5.32 Å². The van der Waals surface area contributed by atoms with Crippen LogP contribution in [0.15, 0.2) is 0 Å². The standard InChI is InChI=1S/C13H28N2O2S/c1-12(2)14-8-5-11-18(16,17)15-9-6-13(3,4)7-10-15/h12,14H,5-11H2,1-4H3. The topological polar surface area (TPSA) is 49.4 Å². The van der Waals surface area contributed by atoms with E-state index in [2.05, 4.69) is 33.0 Å². The average molecular weight is 276 g/mol. The summed E-state index contributed by atoms with van der Waals surface area (Å²) in [5, 5.41) is 3.25. The summed E-state index contributed by atoms with van der Waals surface area (Å²) in [6.07, 6.45) is 2.63. The number of nitrogens with one attached hydrogen (secondary N) is 1. The molecule has 5 heteroatoms. The van der Waals surface area contributed by atoms with Gasteiger partial charge in [0.2, 0.25) is 10.0 Å². The molecule has 0 bridgehead atoms. The van der Waals surface area contributed by atoms with Gasteiger partial charge in [-0.05, 0) is 31.2 Å². The Bertz CT molecular complexity index is 340. The van der Waals surface area contributed by atoms with Gasteiger partial charge in [0.1, 0.15) is 0 Å². The van der Waals surface area contributed by atoms with Crippen LogP contribution in [0.1, 0.15) is 47.0 Å². The van der Waals surface area contributed by atoms with Gasteiger partial charge in [-0.3, -0.25) is 0 Å². The van der Waals surface area contributed by atoms with Gasteiger partial charge in [0.05, 0.1) is 5.75 Å². The summed E-state index contributed by atoms with van der Waals surface area (Å²) >= 11 is 0. The third-order valence-electron chi connectivity index (χ3n) is 3.60. The van der Waals surface area contributed by atoms with Gasteiger partial charge in [0.15, 0.2) is 0 Å².